The van der Waals surface area contributed by atoms with Gasteiger partial charge >= 0.3 is 0 Å². The highest BCUT2D eigenvalue weighted by molar-refractivity contribution is 5.83. The van der Waals surface area contributed by atoms with E-state index >= 15 is 0 Å². The number of hydrogen-bond acceptors (Lipinski definition) is 4. The SMILES string of the molecule is Cc1ccc([C@@H](C(=O)N2CCC(Oc3cccnc3)CC2)N(C)C)cc1. The average Bonchev–Trinajstić information content (AvgIpc) is 2.64. The molecular weight excluding hydrogens is 326 g/mol. The van der Waals surface area contributed by atoms with Crippen molar-refractivity contribution in [2.24, 2.45) is 0 Å². The molecule has 1 saturated heterocycles. The second-order valence-electron chi connectivity index (χ2n) is 7.11. The summed E-state index contributed by atoms with van der Waals surface area (Å²) in [4.78, 5) is 21.2. The molecule has 1 aliphatic rings. The number of rotatable bonds is 5. The number of pyridine rings is 1. The molecule has 0 N–H and O–H groups in total. The van der Waals surface area contributed by atoms with E-state index in [2.05, 4.69) is 36.2 Å². The Kier molecular flexibility index (Phi) is 5.89. The largest absolute Gasteiger partial charge is 0.489 e. The van der Waals surface area contributed by atoms with Crippen LogP contribution in [-0.2, 0) is 4.79 Å². The van der Waals surface area contributed by atoms with Crippen LogP contribution >= 0.6 is 0 Å². The summed E-state index contributed by atoms with van der Waals surface area (Å²) in [6.45, 7) is 3.50. The summed E-state index contributed by atoms with van der Waals surface area (Å²) in [5, 5.41) is 0. The summed E-state index contributed by atoms with van der Waals surface area (Å²) >= 11 is 0. The van der Waals surface area contributed by atoms with Gasteiger partial charge in [0.15, 0.2) is 0 Å². The topological polar surface area (TPSA) is 45.7 Å². The minimum absolute atomic E-state index is 0.139. The van der Waals surface area contributed by atoms with E-state index in [9.17, 15) is 4.79 Å². The molecule has 1 aromatic carbocycles. The highest BCUT2D eigenvalue weighted by Gasteiger charge is 2.31. The minimum Gasteiger partial charge on any atom is -0.489 e. The van der Waals surface area contributed by atoms with E-state index < -0.39 is 0 Å². The van der Waals surface area contributed by atoms with Crippen molar-refractivity contribution < 1.29 is 9.53 Å². The fraction of sp³-hybridized carbons (Fsp3) is 0.429. The predicted molar refractivity (Wildman–Crippen MR) is 102 cm³/mol. The molecule has 3 rings (SSSR count). The summed E-state index contributed by atoms with van der Waals surface area (Å²) in [5.74, 6) is 0.960. The Morgan fingerprint density at radius 3 is 2.46 bits per heavy atom. The standard InChI is InChI=1S/C21H27N3O2/c1-16-6-8-17(9-7-16)20(23(2)3)21(25)24-13-10-18(11-14-24)26-19-5-4-12-22-15-19/h4-9,12,15,18,20H,10-11,13-14H2,1-3H3/t20-/m0/s1. The first kappa shape index (κ1) is 18.4. The lowest BCUT2D eigenvalue weighted by Crippen LogP contribution is -2.46. The Balaban J connectivity index is 1.62. The van der Waals surface area contributed by atoms with Gasteiger partial charge in [0.25, 0.3) is 0 Å². The van der Waals surface area contributed by atoms with Crippen molar-refractivity contribution in [1.29, 1.82) is 0 Å². The number of hydrogen-bond donors (Lipinski definition) is 0. The molecule has 5 heteroatoms. The molecule has 1 atom stereocenters. The molecule has 138 valence electrons. The maximum atomic E-state index is 13.1. The molecule has 26 heavy (non-hydrogen) atoms. The molecule has 1 fully saturated rings. The fourth-order valence-corrected chi connectivity index (χ4v) is 3.39. The number of amides is 1. The van der Waals surface area contributed by atoms with Gasteiger partial charge in [0, 0.05) is 32.1 Å². The van der Waals surface area contributed by atoms with Gasteiger partial charge in [-0.2, -0.15) is 0 Å². The van der Waals surface area contributed by atoms with Gasteiger partial charge in [0.05, 0.1) is 6.20 Å². The number of likely N-dealkylation sites (tertiary alicyclic amines) is 1. The monoisotopic (exact) mass is 353 g/mol. The molecule has 0 saturated carbocycles. The predicted octanol–water partition coefficient (Wildman–Crippen LogP) is 3.06. The van der Waals surface area contributed by atoms with Crippen LogP contribution in [0.15, 0.2) is 48.8 Å². The van der Waals surface area contributed by atoms with Crippen molar-refractivity contribution in [3.05, 3.63) is 59.9 Å². The molecule has 2 heterocycles. The van der Waals surface area contributed by atoms with E-state index in [-0.39, 0.29) is 18.1 Å². The van der Waals surface area contributed by atoms with Crippen LogP contribution in [0.25, 0.3) is 0 Å². The summed E-state index contributed by atoms with van der Waals surface area (Å²) in [6.07, 6.45) is 5.29. The molecule has 0 spiro atoms. The summed E-state index contributed by atoms with van der Waals surface area (Å²) in [5.41, 5.74) is 2.24. The third-order valence-electron chi connectivity index (χ3n) is 4.83. The van der Waals surface area contributed by atoms with Gasteiger partial charge in [-0.05, 0) is 38.7 Å². The van der Waals surface area contributed by atoms with Crippen LogP contribution in [0.3, 0.4) is 0 Å². The van der Waals surface area contributed by atoms with E-state index in [0.717, 1.165) is 37.2 Å². The minimum atomic E-state index is -0.244. The molecule has 5 nitrogen and oxygen atoms in total. The third kappa shape index (κ3) is 4.41. The maximum Gasteiger partial charge on any atom is 0.244 e. The number of likely N-dealkylation sites (N-methyl/N-ethyl adjacent to an activating group) is 1. The number of aromatic nitrogens is 1. The molecule has 1 aromatic heterocycles. The zero-order valence-electron chi connectivity index (χ0n) is 15.8. The van der Waals surface area contributed by atoms with Crippen molar-refractivity contribution in [1.82, 2.24) is 14.8 Å². The first-order valence-electron chi connectivity index (χ1n) is 9.13. The van der Waals surface area contributed by atoms with E-state index in [0.29, 0.717) is 0 Å². The number of carbonyl (C=O) groups is 1. The van der Waals surface area contributed by atoms with E-state index in [1.165, 1.54) is 5.56 Å². The van der Waals surface area contributed by atoms with Gasteiger partial charge in [-0.25, -0.2) is 0 Å². The highest BCUT2D eigenvalue weighted by atomic mass is 16.5. The highest BCUT2D eigenvalue weighted by Crippen LogP contribution is 2.25. The summed E-state index contributed by atoms with van der Waals surface area (Å²) < 4.78 is 5.98. The van der Waals surface area contributed by atoms with Crippen molar-refractivity contribution in [3.63, 3.8) is 0 Å². The zero-order valence-corrected chi connectivity index (χ0v) is 15.8. The Morgan fingerprint density at radius 1 is 1.19 bits per heavy atom. The fourth-order valence-electron chi connectivity index (χ4n) is 3.39. The van der Waals surface area contributed by atoms with Crippen LogP contribution in [0.4, 0.5) is 0 Å². The number of aryl methyl sites for hydroxylation is 1. The van der Waals surface area contributed by atoms with Crippen LogP contribution in [0.1, 0.15) is 30.0 Å². The Hall–Kier alpha value is -2.40. The molecule has 1 aliphatic heterocycles. The van der Waals surface area contributed by atoms with E-state index in [1.54, 1.807) is 12.4 Å². The number of benzene rings is 1. The van der Waals surface area contributed by atoms with E-state index in [4.69, 9.17) is 4.74 Å². The first-order valence-corrected chi connectivity index (χ1v) is 9.13. The van der Waals surface area contributed by atoms with Gasteiger partial charge in [0.2, 0.25) is 5.91 Å². The van der Waals surface area contributed by atoms with Gasteiger partial charge in [-0.15, -0.1) is 0 Å². The average molecular weight is 353 g/mol. The Morgan fingerprint density at radius 2 is 1.88 bits per heavy atom. The quantitative estimate of drug-likeness (QED) is 0.829. The van der Waals surface area contributed by atoms with Crippen molar-refractivity contribution in [3.8, 4) is 5.75 Å². The zero-order chi connectivity index (χ0) is 18.5. The van der Waals surface area contributed by atoms with Crippen molar-refractivity contribution in [2.45, 2.75) is 31.9 Å². The van der Waals surface area contributed by atoms with Crippen molar-refractivity contribution >= 4 is 5.91 Å². The van der Waals surface area contributed by atoms with E-state index in [1.807, 2.05) is 36.0 Å². The molecule has 2 aromatic rings. The number of nitrogens with zero attached hydrogens (tertiary/aromatic N) is 3. The van der Waals surface area contributed by atoms with Crippen LogP contribution < -0.4 is 4.74 Å². The van der Waals surface area contributed by atoms with Gasteiger partial charge in [-0.1, -0.05) is 29.8 Å². The number of ether oxygens (including phenoxy) is 1. The number of carbonyl (C=O) groups excluding carboxylic acids is 1. The van der Waals surface area contributed by atoms with Crippen LogP contribution in [0, 0.1) is 6.92 Å². The molecular formula is C21H27N3O2. The Bertz CT molecular complexity index is 708. The molecule has 0 bridgehead atoms. The third-order valence-corrected chi connectivity index (χ3v) is 4.83. The second-order valence-corrected chi connectivity index (χ2v) is 7.11. The summed E-state index contributed by atoms with van der Waals surface area (Å²) in [7, 11) is 3.92. The lowest BCUT2D eigenvalue weighted by atomic mass is 10.0. The lowest BCUT2D eigenvalue weighted by Gasteiger charge is -2.36. The van der Waals surface area contributed by atoms with Gasteiger partial charge in [-0.3, -0.25) is 14.7 Å². The molecule has 0 radical (unpaired) electrons. The second kappa shape index (κ2) is 8.32. The van der Waals surface area contributed by atoms with Gasteiger partial charge in [0.1, 0.15) is 17.9 Å². The summed E-state index contributed by atoms with van der Waals surface area (Å²) in [6, 6.07) is 11.8. The maximum absolute atomic E-state index is 13.1. The van der Waals surface area contributed by atoms with Crippen LogP contribution in [-0.4, -0.2) is 54.0 Å². The molecule has 0 unspecified atom stereocenters. The van der Waals surface area contributed by atoms with Crippen molar-refractivity contribution in [2.75, 3.05) is 27.2 Å². The van der Waals surface area contributed by atoms with Gasteiger partial charge < -0.3 is 9.64 Å². The lowest BCUT2D eigenvalue weighted by molar-refractivity contribution is -0.138. The normalized spacial score (nSPS) is 16.5. The number of piperidine rings is 1. The molecule has 0 aliphatic carbocycles. The first-order chi connectivity index (χ1) is 12.5. The molecule has 1 amide bonds. The van der Waals surface area contributed by atoms with Crippen LogP contribution in [0.5, 0.6) is 5.75 Å². The Labute approximate surface area is 155 Å². The smallest absolute Gasteiger partial charge is 0.244 e. The van der Waals surface area contributed by atoms with Crippen LogP contribution in [0.2, 0.25) is 0 Å².